The predicted molar refractivity (Wildman–Crippen MR) is 159 cm³/mol. The number of rotatable bonds is 9. The third kappa shape index (κ3) is 5.74. The molecule has 0 aromatic heterocycles. The van der Waals surface area contributed by atoms with Gasteiger partial charge in [-0.2, -0.15) is 0 Å². The number of halogens is 1. The molecule has 1 aliphatic heterocycles. The molecule has 0 spiro atoms. The summed E-state index contributed by atoms with van der Waals surface area (Å²) in [5.41, 5.74) is 3.98. The van der Waals surface area contributed by atoms with Crippen molar-refractivity contribution >= 4 is 29.4 Å². The van der Waals surface area contributed by atoms with Gasteiger partial charge in [0.1, 0.15) is 0 Å². The number of carbonyl (C=O) groups is 3. The quantitative estimate of drug-likeness (QED) is 0.246. The van der Waals surface area contributed by atoms with E-state index in [0.29, 0.717) is 46.7 Å². The molecule has 3 atom stereocenters. The third-order valence-corrected chi connectivity index (χ3v) is 7.88. The molecule has 0 aliphatic carbocycles. The Labute approximate surface area is 244 Å². The molecule has 4 aromatic rings. The second kappa shape index (κ2) is 12.4. The van der Waals surface area contributed by atoms with E-state index >= 15 is 0 Å². The average molecular weight is 567 g/mol. The van der Waals surface area contributed by atoms with E-state index in [1.807, 2.05) is 49.4 Å². The predicted octanol–water partition coefficient (Wildman–Crippen LogP) is 6.37. The molecule has 1 heterocycles. The molecule has 0 radical (unpaired) electrons. The Kier molecular flexibility index (Phi) is 8.50. The van der Waals surface area contributed by atoms with Crippen molar-refractivity contribution in [3.05, 3.63) is 142 Å². The third-order valence-electron chi connectivity index (χ3n) is 7.65. The van der Waals surface area contributed by atoms with Gasteiger partial charge in [0, 0.05) is 17.1 Å². The van der Waals surface area contributed by atoms with Gasteiger partial charge in [-0.3, -0.25) is 9.59 Å². The Morgan fingerprint density at radius 2 is 1.56 bits per heavy atom. The second-order valence-corrected chi connectivity index (χ2v) is 10.5. The first-order valence-corrected chi connectivity index (χ1v) is 14.1. The Balaban J connectivity index is 1.67. The van der Waals surface area contributed by atoms with E-state index < -0.39 is 29.9 Å². The smallest absolute Gasteiger partial charge is 0.331 e. The fraction of sp³-hybridized carbons (Fsp3) is 0.206. The topological polar surface area (TPSA) is 86.7 Å². The van der Waals surface area contributed by atoms with Crippen molar-refractivity contribution in [2.75, 3.05) is 6.54 Å². The molecule has 2 unspecified atom stereocenters. The van der Waals surface area contributed by atoms with Gasteiger partial charge < -0.3 is 15.3 Å². The summed E-state index contributed by atoms with van der Waals surface area (Å²) in [4.78, 5) is 42.7. The zero-order valence-electron chi connectivity index (χ0n) is 22.7. The van der Waals surface area contributed by atoms with Gasteiger partial charge in [-0.1, -0.05) is 103 Å². The highest BCUT2D eigenvalue weighted by molar-refractivity contribution is 6.30. The van der Waals surface area contributed by atoms with Crippen molar-refractivity contribution < 1.29 is 19.5 Å². The fourth-order valence-electron chi connectivity index (χ4n) is 5.76. The summed E-state index contributed by atoms with van der Waals surface area (Å²) in [6, 6.07) is 28.7. The summed E-state index contributed by atoms with van der Waals surface area (Å²) in [7, 11) is 0. The van der Waals surface area contributed by atoms with E-state index in [-0.39, 0.29) is 5.91 Å². The molecule has 0 bridgehead atoms. The lowest BCUT2D eigenvalue weighted by atomic mass is 9.76. The van der Waals surface area contributed by atoms with Gasteiger partial charge in [0.2, 0.25) is 5.91 Å². The minimum Gasteiger partial charge on any atom is -0.479 e. The zero-order chi connectivity index (χ0) is 28.9. The Hall–Kier alpha value is -4.42. The number of hydrogen-bond donors (Lipinski definition) is 2. The van der Waals surface area contributed by atoms with Crippen LogP contribution in [0.5, 0.6) is 0 Å². The lowest BCUT2D eigenvalue weighted by Crippen LogP contribution is -2.50. The molecular formula is C34H31ClN2O4. The number of hydrogen-bond acceptors (Lipinski definition) is 3. The van der Waals surface area contributed by atoms with Crippen molar-refractivity contribution in [2.45, 2.75) is 37.8 Å². The number of nitrogens with one attached hydrogen (secondary N) is 1. The summed E-state index contributed by atoms with van der Waals surface area (Å²) in [5, 5.41) is 14.2. The SMILES string of the molecule is CCc1cc(Cl)ccc1C1C(C(=O)NCCc2ccccc2)c2ccccc2C(=O)N1[C@H](C(=O)O)c1ccccc1. The fourth-order valence-corrected chi connectivity index (χ4v) is 5.96. The molecule has 7 heteroatoms. The maximum Gasteiger partial charge on any atom is 0.331 e. The second-order valence-electron chi connectivity index (χ2n) is 10.1. The number of nitrogens with zero attached hydrogens (tertiary/aromatic N) is 1. The van der Waals surface area contributed by atoms with Crippen LogP contribution >= 0.6 is 11.6 Å². The van der Waals surface area contributed by atoms with Crippen LogP contribution < -0.4 is 5.32 Å². The maximum absolute atomic E-state index is 14.3. The zero-order valence-corrected chi connectivity index (χ0v) is 23.4. The van der Waals surface area contributed by atoms with Gasteiger partial charge in [0.25, 0.3) is 5.91 Å². The van der Waals surface area contributed by atoms with E-state index in [1.54, 1.807) is 60.7 Å². The summed E-state index contributed by atoms with van der Waals surface area (Å²) in [6.45, 7) is 2.36. The van der Waals surface area contributed by atoms with Crippen LogP contribution in [0.1, 0.15) is 63.1 Å². The highest BCUT2D eigenvalue weighted by Crippen LogP contribution is 2.48. The maximum atomic E-state index is 14.3. The first-order valence-electron chi connectivity index (χ1n) is 13.7. The van der Waals surface area contributed by atoms with Crippen LogP contribution in [0.3, 0.4) is 0 Å². The number of aliphatic carboxylic acids is 1. The monoisotopic (exact) mass is 566 g/mol. The van der Waals surface area contributed by atoms with Crippen molar-refractivity contribution in [1.29, 1.82) is 0 Å². The molecule has 0 saturated heterocycles. The Morgan fingerprint density at radius 1 is 0.902 bits per heavy atom. The summed E-state index contributed by atoms with van der Waals surface area (Å²) in [5.74, 6) is -2.74. The average Bonchev–Trinajstić information content (AvgIpc) is 2.99. The van der Waals surface area contributed by atoms with Crippen LogP contribution in [0.2, 0.25) is 5.02 Å². The van der Waals surface area contributed by atoms with Crippen LogP contribution in [0, 0.1) is 0 Å². The molecule has 5 rings (SSSR count). The first kappa shape index (κ1) is 28.1. The Morgan fingerprint density at radius 3 is 2.24 bits per heavy atom. The molecule has 208 valence electrons. The van der Waals surface area contributed by atoms with Gasteiger partial charge in [0.15, 0.2) is 6.04 Å². The van der Waals surface area contributed by atoms with E-state index in [1.165, 1.54) is 4.90 Å². The molecule has 2 amide bonds. The van der Waals surface area contributed by atoms with Gasteiger partial charge in [-0.25, -0.2) is 4.79 Å². The van der Waals surface area contributed by atoms with Crippen LogP contribution in [0.25, 0.3) is 0 Å². The van der Waals surface area contributed by atoms with Gasteiger partial charge in [-0.15, -0.1) is 0 Å². The molecule has 6 nitrogen and oxygen atoms in total. The minimum atomic E-state index is -1.32. The number of aryl methyl sites for hydroxylation is 1. The summed E-state index contributed by atoms with van der Waals surface area (Å²) >= 11 is 6.36. The van der Waals surface area contributed by atoms with Crippen molar-refractivity contribution in [2.24, 2.45) is 0 Å². The van der Waals surface area contributed by atoms with E-state index in [2.05, 4.69) is 5.32 Å². The molecule has 0 fully saturated rings. The number of carbonyl (C=O) groups excluding carboxylic acids is 2. The summed E-state index contributed by atoms with van der Waals surface area (Å²) in [6.07, 6.45) is 1.22. The molecule has 2 N–H and O–H groups in total. The number of fused-ring (bicyclic) bond motifs is 1. The molecule has 0 saturated carbocycles. The van der Waals surface area contributed by atoms with Crippen LogP contribution in [0.15, 0.2) is 103 Å². The largest absolute Gasteiger partial charge is 0.479 e. The lowest BCUT2D eigenvalue weighted by Gasteiger charge is -2.45. The molecule has 1 aliphatic rings. The van der Waals surface area contributed by atoms with Crippen LogP contribution in [-0.2, 0) is 22.4 Å². The van der Waals surface area contributed by atoms with Gasteiger partial charge in [0.05, 0.1) is 12.0 Å². The Bertz CT molecular complexity index is 1560. The normalized spacial score (nSPS) is 17.0. The molecule has 4 aromatic carbocycles. The molecular weight excluding hydrogens is 536 g/mol. The number of carboxylic acid groups (broad SMARTS) is 1. The van der Waals surface area contributed by atoms with Gasteiger partial charge >= 0.3 is 5.97 Å². The van der Waals surface area contributed by atoms with E-state index in [9.17, 15) is 19.5 Å². The molecule has 41 heavy (non-hydrogen) atoms. The number of carboxylic acids is 1. The van der Waals surface area contributed by atoms with E-state index in [4.69, 9.17) is 11.6 Å². The van der Waals surface area contributed by atoms with Gasteiger partial charge in [-0.05, 0) is 58.9 Å². The standard InChI is InChI=1S/C34H31ClN2O4/c1-2-23-21-25(35)17-18-26(23)31-29(32(38)36-20-19-22-11-5-3-6-12-22)27-15-9-10-16-28(27)33(39)37(31)30(34(40)41)24-13-7-4-8-14-24/h3-18,21,29-31H,2,19-20H2,1H3,(H,36,38)(H,40,41)/t29?,30-,31?/m0/s1. The summed E-state index contributed by atoms with van der Waals surface area (Å²) < 4.78 is 0. The van der Waals surface area contributed by atoms with Crippen molar-refractivity contribution in [3.63, 3.8) is 0 Å². The van der Waals surface area contributed by atoms with Crippen molar-refractivity contribution in [3.8, 4) is 0 Å². The number of benzene rings is 4. The van der Waals surface area contributed by atoms with E-state index in [0.717, 1.165) is 11.1 Å². The minimum absolute atomic E-state index is 0.273. The van der Waals surface area contributed by atoms with Crippen LogP contribution in [-0.4, -0.2) is 34.3 Å². The number of amides is 2. The highest BCUT2D eigenvalue weighted by atomic mass is 35.5. The van der Waals surface area contributed by atoms with Crippen molar-refractivity contribution in [1.82, 2.24) is 10.2 Å². The first-order chi connectivity index (χ1) is 19.9. The highest BCUT2D eigenvalue weighted by Gasteiger charge is 2.49. The van der Waals surface area contributed by atoms with Crippen LogP contribution in [0.4, 0.5) is 0 Å². The lowest BCUT2D eigenvalue weighted by molar-refractivity contribution is -0.144.